The van der Waals surface area contributed by atoms with Crippen LogP contribution >= 0.6 is 0 Å². The number of nitrogens with zero attached hydrogens (tertiary/aromatic N) is 3. The van der Waals surface area contributed by atoms with E-state index in [0.717, 1.165) is 55.9 Å². The molecule has 2 heterocycles. The van der Waals surface area contributed by atoms with Crippen molar-refractivity contribution in [2.75, 3.05) is 32.5 Å². The summed E-state index contributed by atoms with van der Waals surface area (Å²) in [7, 11) is 1.80. The molecule has 2 N–H and O–H groups in total. The Morgan fingerprint density at radius 3 is 2.83 bits per heavy atom. The van der Waals surface area contributed by atoms with E-state index in [0.29, 0.717) is 11.4 Å². The summed E-state index contributed by atoms with van der Waals surface area (Å²) in [4.78, 5) is 7.13. The highest BCUT2D eigenvalue weighted by atomic mass is 19.1. The van der Waals surface area contributed by atoms with Gasteiger partial charge in [-0.05, 0) is 67.5 Å². The van der Waals surface area contributed by atoms with Crippen molar-refractivity contribution in [2.45, 2.75) is 38.3 Å². The van der Waals surface area contributed by atoms with E-state index in [2.05, 4.69) is 26.6 Å². The van der Waals surface area contributed by atoms with Crippen molar-refractivity contribution in [3.05, 3.63) is 59.2 Å². The van der Waals surface area contributed by atoms with Gasteiger partial charge in [-0.25, -0.2) is 9.37 Å². The number of hydrogen-bond donors (Lipinski definition) is 1. The second kappa shape index (κ2) is 7.67. The fourth-order valence-corrected chi connectivity index (χ4v) is 5.50. The number of imidazole rings is 1. The lowest BCUT2D eigenvalue weighted by Gasteiger charge is -2.40. The number of hydrogen-bond acceptors (Lipinski definition) is 4. The summed E-state index contributed by atoms with van der Waals surface area (Å²) in [6.07, 6.45) is 3.31. The highest BCUT2D eigenvalue weighted by Crippen LogP contribution is 2.33. The standard InChI is InChI=1S/C24H29FN4O/c1-15-27-21-12-19(25)4-6-22(21)29(15)23-7-8-28(14-24(23)30-2)13-16-9-17-3-5-20(26)11-18(17)10-16/h3-6,11-12,16,23-24H,7-10,13-14,26H2,1-2H3/t16-,23-,24-/m1/s1. The van der Waals surface area contributed by atoms with E-state index in [1.54, 1.807) is 7.11 Å². The number of likely N-dealkylation sites (tertiary alicyclic amines) is 1. The van der Waals surface area contributed by atoms with E-state index in [4.69, 9.17) is 10.5 Å². The van der Waals surface area contributed by atoms with Crippen LogP contribution < -0.4 is 5.73 Å². The van der Waals surface area contributed by atoms with Gasteiger partial charge in [0.25, 0.3) is 0 Å². The summed E-state index contributed by atoms with van der Waals surface area (Å²) in [5.41, 5.74) is 11.4. The number of aryl methyl sites for hydroxylation is 1. The predicted octanol–water partition coefficient (Wildman–Crippen LogP) is 3.74. The number of piperidine rings is 1. The van der Waals surface area contributed by atoms with Crippen LogP contribution in [0.2, 0.25) is 0 Å². The van der Waals surface area contributed by atoms with Crippen LogP contribution in [-0.4, -0.2) is 47.3 Å². The number of aromatic nitrogens is 2. The van der Waals surface area contributed by atoms with Gasteiger partial charge in [-0.1, -0.05) is 6.07 Å². The lowest BCUT2D eigenvalue weighted by atomic mass is 9.98. The summed E-state index contributed by atoms with van der Waals surface area (Å²) in [6.45, 7) is 5.00. The van der Waals surface area contributed by atoms with Gasteiger partial charge in [0.2, 0.25) is 0 Å². The van der Waals surface area contributed by atoms with Crippen LogP contribution in [0.5, 0.6) is 0 Å². The zero-order valence-corrected chi connectivity index (χ0v) is 17.6. The Morgan fingerprint density at radius 1 is 1.17 bits per heavy atom. The average Bonchev–Trinajstić information content (AvgIpc) is 3.26. The summed E-state index contributed by atoms with van der Waals surface area (Å²) < 4.78 is 21.8. The van der Waals surface area contributed by atoms with E-state index >= 15 is 0 Å². The second-order valence-electron chi connectivity index (χ2n) is 8.85. The number of nitrogens with two attached hydrogens (primary N) is 1. The third-order valence-corrected chi connectivity index (χ3v) is 6.83. The number of halogens is 1. The molecule has 0 unspecified atom stereocenters. The SMILES string of the molecule is CO[C@@H]1CN(C[C@@H]2Cc3ccc(N)cc3C2)CC[C@H]1n1c(C)nc2cc(F)ccc21. The van der Waals surface area contributed by atoms with Gasteiger partial charge in [0, 0.05) is 38.5 Å². The van der Waals surface area contributed by atoms with Crippen LogP contribution in [0, 0.1) is 18.7 Å². The molecule has 1 fully saturated rings. The molecule has 1 saturated heterocycles. The molecule has 3 aromatic rings. The van der Waals surface area contributed by atoms with Gasteiger partial charge in [0.15, 0.2) is 0 Å². The average molecular weight is 409 g/mol. The number of fused-ring (bicyclic) bond motifs is 2. The first kappa shape index (κ1) is 19.5. The molecule has 3 atom stereocenters. The van der Waals surface area contributed by atoms with Gasteiger partial charge < -0.3 is 19.9 Å². The third kappa shape index (κ3) is 3.48. The zero-order valence-electron chi connectivity index (χ0n) is 17.6. The fraction of sp³-hybridized carbons (Fsp3) is 0.458. The first-order chi connectivity index (χ1) is 14.5. The number of nitrogen functional groups attached to an aromatic ring is 1. The molecule has 30 heavy (non-hydrogen) atoms. The van der Waals surface area contributed by atoms with Crippen LogP contribution in [0.25, 0.3) is 11.0 Å². The summed E-state index contributed by atoms with van der Waals surface area (Å²) in [5.74, 6) is 1.30. The Kier molecular flexibility index (Phi) is 4.99. The Balaban J connectivity index is 1.30. The number of anilines is 1. The molecule has 0 radical (unpaired) electrons. The predicted molar refractivity (Wildman–Crippen MR) is 117 cm³/mol. The Hall–Kier alpha value is -2.44. The lowest BCUT2D eigenvalue weighted by Crippen LogP contribution is -2.47. The topological polar surface area (TPSA) is 56.3 Å². The quantitative estimate of drug-likeness (QED) is 0.668. The van der Waals surface area contributed by atoms with Gasteiger partial charge in [-0.3, -0.25) is 0 Å². The van der Waals surface area contributed by atoms with Crippen molar-refractivity contribution in [3.8, 4) is 0 Å². The lowest BCUT2D eigenvalue weighted by molar-refractivity contribution is -0.00928. The molecule has 0 spiro atoms. The molecule has 2 aromatic carbocycles. The third-order valence-electron chi connectivity index (χ3n) is 6.83. The highest BCUT2D eigenvalue weighted by Gasteiger charge is 2.34. The fourth-order valence-electron chi connectivity index (χ4n) is 5.50. The van der Waals surface area contributed by atoms with Crippen molar-refractivity contribution >= 4 is 16.7 Å². The van der Waals surface area contributed by atoms with Crippen molar-refractivity contribution in [1.29, 1.82) is 0 Å². The van der Waals surface area contributed by atoms with Crippen LogP contribution in [0.3, 0.4) is 0 Å². The minimum absolute atomic E-state index is 0.0827. The summed E-state index contributed by atoms with van der Waals surface area (Å²) in [6, 6.07) is 11.4. The van der Waals surface area contributed by atoms with Crippen molar-refractivity contribution in [1.82, 2.24) is 14.5 Å². The molecule has 1 aliphatic carbocycles. The zero-order chi connectivity index (χ0) is 20.8. The Bertz CT molecular complexity index is 1080. The molecule has 0 amide bonds. The minimum atomic E-state index is -0.246. The van der Waals surface area contributed by atoms with Crippen molar-refractivity contribution in [2.24, 2.45) is 5.92 Å². The first-order valence-corrected chi connectivity index (χ1v) is 10.8. The van der Waals surface area contributed by atoms with Crippen LogP contribution in [0.4, 0.5) is 10.1 Å². The van der Waals surface area contributed by atoms with E-state index in [1.807, 2.05) is 19.1 Å². The van der Waals surface area contributed by atoms with E-state index in [9.17, 15) is 4.39 Å². The number of benzene rings is 2. The van der Waals surface area contributed by atoms with Gasteiger partial charge in [-0.15, -0.1) is 0 Å². The maximum absolute atomic E-state index is 13.6. The van der Waals surface area contributed by atoms with E-state index in [1.165, 1.54) is 23.3 Å². The first-order valence-electron chi connectivity index (χ1n) is 10.8. The molecular weight excluding hydrogens is 379 g/mol. The maximum atomic E-state index is 13.6. The molecule has 0 bridgehead atoms. The van der Waals surface area contributed by atoms with Crippen LogP contribution in [0.15, 0.2) is 36.4 Å². The summed E-state index contributed by atoms with van der Waals surface area (Å²) in [5, 5.41) is 0. The molecule has 1 aliphatic heterocycles. The molecule has 0 saturated carbocycles. The second-order valence-corrected chi connectivity index (χ2v) is 8.85. The molecule has 1 aromatic heterocycles. The normalized spacial score (nSPS) is 24.4. The molecule has 5 rings (SSSR count). The molecular formula is C24H29FN4O. The van der Waals surface area contributed by atoms with Crippen LogP contribution in [0.1, 0.15) is 29.4 Å². The van der Waals surface area contributed by atoms with Gasteiger partial charge in [0.05, 0.1) is 23.2 Å². The smallest absolute Gasteiger partial charge is 0.125 e. The van der Waals surface area contributed by atoms with Gasteiger partial charge in [-0.2, -0.15) is 0 Å². The summed E-state index contributed by atoms with van der Waals surface area (Å²) >= 11 is 0. The monoisotopic (exact) mass is 408 g/mol. The number of methoxy groups -OCH3 is 1. The Labute approximate surface area is 176 Å². The molecule has 2 aliphatic rings. The number of rotatable bonds is 4. The van der Waals surface area contributed by atoms with Crippen molar-refractivity contribution < 1.29 is 9.13 Å². The number of ether oxygens (including phenoxy) is 1. The van der Waals surface area contributed by atoms with E-state index < -0.39 is 0 Å². The minimum Gasteiger partial charge on any atom is -0.399 e. The van der Waals surface area contributed by atoms with Crippen molar-refractivity contribution in [3.63, 3.8) is 0 Å². The molecule has 6 heteroatoms. The maximum Gasteiger partial charge on any atom is 0.125 e. The Morgan fingerprint density at radius 2 is 2.00 bits per heavy atom. The highest BCUT2D eigenvalue weighted by molar-refractivity contribution is 5.76. The largest absolute Gasteiger partial charge is 0.399 e. The van der Waals surface area contributed by atoms with Gasteiger partial charge >= 0.3 is 0 Å². The molecule has 158 valence electrons. The van der Waals surface area contributed by atoms with E-state index in [-0.39, 0.29) is 18.0 Å². The van der Waals surface area contributed by atoms with Gasteiger partial charge in [0.1, 0.15) is 11.6 Å². The molecule has 5 nitrogen and oxygen atoms in total. The van der Waals surface area contributed by atoms with Crippen LogP contribution in [-0.2, 0) is 17.6 Å².